The summed E-state index contributed by atoms with van der Waals surface area (Å²) in [5.74, 6) is -1.28. The lowest BCUT2D eigenvalue weighted by Gasteiger charge is -2.12. The summed E-state index contributed by atoms with van der Waals surface area (Å²) in [7, 11) is 1.40. The highest BCUT2D eigenvalue weighted by atomic mass is 19.4. The lowest BCUT2D eigenvalue weighted by Crippen LogP contribution is -2.06. The van der Waals surface area contributed by atoms with E-state index in [1.165, 1.54) is 19.3 Å². The van der Waals surface area contributed by atoms with Crippen LogP contribution in [0.15, 0.2) is 42.4 Å². The zero-order chi connectivity index (χ0) is 20.8. The Kier molecular flexibility index (Phi) is 4.56. The second kappa shape index (κ2) is 6.94. The molecular formula is C19H14F5N5. The molecule has 3 aromatic heterocycles. The van der Waals surface area contributed by atoms with Crippen molar-refractivity contribution >= 4 is 11.5 Å². The molecule has 0 amide bonds. The van der Waals surface area contributed by atoms with E-state index in [0.29, 0.717) is 29.9 Å². The van der Waals surface area contributed by atoms with Crippen molar-refractivity contribution in [3.8, 4) is 11.3 Å². The number of hydrogen-bond acceptors (Lipinski definition) is 4. The van der Waals surface area contributed by atoms with Gasteiger partial charge in [0.1, 0.15) is 5.82 Å². The third-order valence-electron chi connectivity index (χ3n) is 4.44. The number of aryl methyl sites for hydroxylation is 1. The monoisotopic (exact) mass is 407 g/mol. The van der Waals surface area contributed by atoms with Crippen LogP contribution in [0.3, 0.4) is 0 Å². The van der Waals surface area contributed by atoms with Crippen LogP contribution in [0.2, 0.25) is 0 Å². The SMILES string of the molecule is Cn1nc(C(F)(F)F)cc1-c1ccc(NC(=C2CC2)c2c(F)cncc2F)nc1. The summed E-state index contributed by atoms with van der Waals surface area (Å²) in [4.78, 5) is 7.66. The number of alkyl halides is 3. The fraction of sp³-hybridized carbons (Fsp3) is 0.211. The highest BCUT2D eigenvalue weighted by Gasteiger charge is 2.34. The smallest absolute Gasteiger partial charge is 0.340 e. The van der Waals surface area contributed by atoms with Crippen LogP contribution < -0.4 is 5.32 Å². The molecular weight excluding hydrogens is 393 g/mol. The normalized spacial score (nSPS) is 13.5. The molecule has 1 aliphatic carbocycles. The molecule has 0 radical (unpaired) electrons. The Morgan fingerprint density at radius 2 is 1.76 bits per heavy atom. The van der Waals surface area contributed by atoms with Gasteiger partial charge in [0.2, 0.25) is 0 Å². The van der Waals surface area contributed by atoms with Crippen LogP contribution in [0.1, 0.15) is 24.1 Å². The molecule has 0 aromatic carbocycles. The minimum absolute atomic E-state index is 0.208. The molecule has 0 unspecified atom stereocenters. The summed E-state index contributed by atoms with van der Waals surface area (Å²) in [6.07, 6.45) is 0.0943. The molecule has 150 valence electrons. The molecule has 4 rings (SSSR count). The van der Waals surface area contributed by atoms with Crippen molar-refractivity contribution in [2.24, 2.45) is 7.05 Å². The Labute approximate surface area is 161 Å². The van der Waals surface area contributed by atoms with E-state index in [4.69, 9.17) is 0 Å². The van der Waals surface area contributed by atoms with Gasteiger partial charge in [-0.05, 0) is 36.6 Å². The average molecular weight is 407 g/mol. The number of nitrogens with zero attached hydrogens (tertiary/aromatic N) is 4. The second-order valence-electron chi connectivity index (χ2n) is 6.55. The standard InChI is InChI=1S/C19H14F5N5/c1-29-14(6-15(28-29)19(22,23)24)11-4-5-16(26-7-11)27-18(10-2-3-10)17-12(20)8-25-9-13(17)21/h4-9H,2-3H2,1H3,(H,26,27). The zero-order valence-electron chi connectivity index (χ0n) is 15.1. The molecule has 29 heavy (non-hydrogen) atoms. The van der Waals surface area contributed by atoms with Gasteiger partial charge < -0.3 is 5.32 Å². The van der Waals surface area contributed by atoms with Crippen LogP contribution in [0, 0.1) is 11.6 Å². The Balaban J connectivity index is 1.62. The minimum atomic E-state index is -4.55. The zero-order valence-corrected chi connectivity index (χ0v) is 15.1. The number of pyridine rings is 2. The molecule has 1 saturated carbocycles. The highest BCUT2D eigenvalue weighted by molar-refractivity contribution is 5.80. The minimum Gasteiger partial charge on any atom is -0.340 e. The molecule has 1 aliphatic rings. The van der Waals surface area contributed by atoms with E-state index in [1.807, 2.05) is 0 Å². The Bertz CT molecular complexity index is 1070. The molecule has 3 aromatic rings. The van der Waals surface area contributed by atoms with E-state index in [-0.39, 0.29) is 11.3 Å². The first-order chi connectivity index (χ1) is 13.7. The number of nitrogens with one attached hydrogen (secondary N) is 1. The predicted octanol–water partition coefficient (Wildman–Crippen LogP) is 4.79. The van der Waals surface area contributed by atoms with Crippen molar-refractivity contribution in [1.82, 2.24) is 19.7 Å². The van der Waals surface area contributed by atoms with Gasteiger partial charge in [-0.15, -0.1) is 0 Å². The van der Waals surface area contributed by atoms with E-state index >= 15 is 0 Å². The molecule has 5 nitrogen and oxygen atoms in total. The molecule has 0 atom stereocenters. The first-order valence-corrected chi connectivity index (χ1v) is 8.60. The van der Waals surface area contributed by atoms with Gasteiger partial charge in [0.25, 0.3) is 0 Å². The number of allylic oxidation sites excluding steroid dienone is 1. The van der Waals surface area contributed by atoms with Crippen molar-refractivity contribution in [2.45, 2.75) is 19.0 Å². The van der Waals surface area contributed by atoms with Crippen LogP contribution in [0.25, 0.3) is 17.0 Å². The predicted molar refractivity (Wildman–Crippen MR) is 95.4 cm³/mol. The van der Waals surface area contributed by atoms with Crippen molar-refractivity contribution in [3.63, 3.8) is 0 Å². The van der Waals surface area contributed by atoms with Crippen molar-refractivity contribution in [3.05, 3.63) is 65.3 Å². The molecule has 0 spiro atoms. The lowest BCUT2D eigenvalue weighted by atomic mass is 10.1. The maximum absolute atomic E-state index is 14.1. The van der Waals surface area contributed by atoms with Gasteiger partial charge >= 0.3 is 6.18 Å². The fourth-order valence-electron chi connectivity index (χ4n) is 2.91. The molecule has 0 aliphatic heterocycles. The summed E-state index contributed by atoms with van der Waals surface area (Å²) in [6.45, 7) is 0. The van der Waals surface area contributed by atoms with Crippen LogP contribution in [-0.4, -0.2) is 19.7 Å². The van der Waals surface area contributed by atoms with E-state index in [2.05, 4.69) is 20.4 Å². The van der Waals surface area contributed by atoms with Crippen LogP contribution in [0.5, 0.6) is 0 Å². The van der Waals surface area contributed by atoms with Gasteiger partial charge in [-0.25, -0.2) is 13.8 Å². The molecule has 1 N–H and O–H groups in total. The summed E-state index contributed by atoms with van der Waals surface area (Å²) in [6, 6.07) is 4.01. The van der Waals surface area contributed by atoms with Gasteiger partial charge in [0, 0.05) is 18.8 Å². The molecule has 0 saturated heterocycles. The van der Waals surface area contributed by atoms with E-state index < -0.39 is 23.5 Å². The first kappa shape index (κ1) is 19.0. The van der Waals surface area contributed by atoms with Gasteiger partial charge in [0.05, 0.1) is 29.3 Å². The van der Waals surface area contributed by atoms with Crippen LogP contribution in [0.4, 0.5) is 27.8 Å². The highest BCUT2D eigenvalue weighted by Crippen LogP contribution is 2.38. The van der Waals surface area contributed by atoms with Gasteiger partial charge in [-0.1, -0.05) is 0 Å². The van der Waals surface area contributed by atoms with Crippen molar-refractivity contribution < 1.29 is 22.0 Å². The Morgan fingerprint density at radius 1 is 1.07 bits per heavy atom. The third kappa shape index (κ3) is 3.82. The summed E-state index contributed by atoms with van der Waals surface area (Å²) in [5, 5.41) is 6.39. The topological polar surface area (TPSA) is 55.6 Å². The number of halogens is 5. The fourth-order valence-corrected chi connectivity index (χ4v) is 2.91. The van der Waals surface area contributed by atoms with E-state index in [1.54, 1.807) is 6.07 Å². The summed E-state index contributed by atoms with van der Waals surface area (Å²) in [5.41, 5.74) is 0.594. The number of hydrogen-bond donors (Lipinski definition) is 1. The molecule has 1 fully saturated rings. The van der Waals surface area contributed by atoms with Crippen molar-refractivity contribution in [2.75, 3.05) is 5.32 Å². The lowest BCUT2D eigenvalue weighted by molar-refractivity contribution is -0.141. The van der Waals surface area contributed by atoms with Crippen LogP contribution in [-0.2, 0) is 13.2 Å². The quantitative estimate of drug-likeness (QED) is 0.632. The van der Waals surface area contributed by atoms with Crippen molar-refractivity contribution in [1.29, 1.82) is 0 Å². The Morgan fingerprint density at radius 3 is 2.28 bits per heavy atom. The number of aromatic nitrogens is 4. The van der Waals surface area contributed by atoms with E-state index in [0.717, 1.165) is 28.7 Å². The summed E-state index contributed by atoms with van der Waals surface area (Å²) < 4.78 is 67.9. The maximum Gasteiger partial charge on any atom is 0.435 e. The van der Waals surface area contributed by atoms with Gasteiger partial charge in [0.15, 0.2) is 17.3 Å². The largest absolute Gasteiger partial charge is 0.435 e. The number of rotatable bonds is 4. The first-order valence-electron chi connectivity index (χ1n) is 8.60. The third-order valence-corrected chi connectivity index (χ3v) is 4.44. The summed E-state index contributed by atoms with van der Waals surface area (Å²) >= 11 is 0. The molecule has 3 heterocycles. The second-order valence-corrected chi connectivity index (χ2v) is 6.55. The maximum atomic E-state index is 14.1. The average Bonchev–Trinajstić information content (AvgIpc) is 3.42. The molecule has 10 heteroatoms. The number of anilines is 1. The molecule has 0 bridgehead atoms. The van der Waals surface area contributed by atoms with Gasteiger partial charge in [-0.3, -0.25) is 9.67 Å². The van der Waals surface area contributed by atoms with E-state index in [9.17, 15) is 22.0 Å². The van der Waals surface area contributed by atoms with Gasteiger partial charge in [-0.2, -0.15) is 18.3 Å². The van der Waals surface area contributed by atoms with Crippen LogP contribution >= 0.6 is 0 Å². The Hall–Kier alpha value is -3.30.